The van der Waals surface area contributed by atoms with Crippen LogP contribution in [-0.4, -0.2) is 36.1 Å². The van der Waals surface area contributed by atoms with Crippen molar-refractivity contribution in [2.24, 2.45) is 5.92 Å². The van der Waals surface area contributed by atoms with E-state index in [4.69, 9.17) is 16.3 Å². The Hall–Kier alpha value is -2.77. The highest BCUT2D eigenvalue weighted by Crippen LogP contribution is 2.34. The van der Waals surface area contributed by atoms with Crippen LogP contribution in [0.1, 0.15) is 18.4 Å². The predicted molar refractivity (Wildman–Crippen MR) is 129 cm³/mol. The van der Waals surface area contributed by atoms with Gasteiger partial charge in [-0.15, -0.1) is 0 Å². The zero-order valence-electron chi connectivity index (χ0n) is 18.0. The third-order valence-electron chi connectivity index (χ3n) is 5.36. The van der Waals surface area contributed by atoms with Crippen molar-refractivity contribution in [1.82, 2.24) is 9.97 Å². The Kier molecular flexibility index (Phi) is 7.17. The lowest BCUT2D eigenvalue weighted by Crippen LogP contribution is -2.41. The third kappa shape index (κ3) is 5.34. The maximum atomic E-state index is 13.0. The van der Waals surface area contributed by atoms with Crippen molar-refractivity contribution < 1.29 is 9.53 Å². The van der Waals surface area contributed by atoms with Crippen molar-refractivity contribution in [3.63, 3.8) is 0 Å². The van der Waals surface area contributed by atoms with Gasteiger partial charge < -0.3 is 15.0 Å². The molecular weight excluding hydrogens is 444 g/mol. The summed E-state index contributed by atoms with van der Waals surface area (Å²) in [5, 5.41) is 4.30. The fraction of sp³-hybridized carbons (Fsp3) is 0.292. The van der Waals surface area contributed by atoms with E-state index in [0.29, 0.717) is 23.0 Å². The summed E-state index contributed by atoms with van der Waals surface area (Å²) in [6.07, 6.45) is 5.15. The van der Waals surface area contributed by atoms with E-state index in [1.807, 2.05) is 6.07 Å². The molecule has 1 N–H and O–H groups in total. The predicted octanol–water partition coefficient (Wildman–Crippen LogP) is 5.45. The summed E-state index contributed by atoms with van der Waals surface area (Å²) in [5.41, 5.74) is 1.86. The van der Waals surface area contributed by atoms with Gasteiger partial charge in [0.15, 0.2) is 5.82 Å². The second kappa shape index (κ2) is 10.2. The molecule has 1 aliphatic heterocycles. The molecule has 8 heteroatoms. The standard InChI is InChI=1S/C24H25ClN4O2S/c1-16-5-3-7-19(13-16)32-24-22(26-10-11-27-24)29-12-4-6-17(15-29)23(30)28-18-8-9-21(31-2)20(25)14-18/h3,5,7-11,13-14,17H,4,6,12,15H2,1-2H3,(H,28,30)/t17-/m1/s1. The fourth-order valence-corrected chi connectivity index (χ4v) is 5.03. The van der Waals surface area contributed by atoms with Crippen LogP contribution in [-0.2, 0) is 4.79 Å². The lowest BCUT2D eigenvalue weighted by molar-refractivity contribution is -0.120. The molecule has 0 bridgehead atoms. The summed E-state index contributed by atoms with van der Waals surface area (Å²) in [5.74, 6) is 1.23. The molecule has 6 nitrogen and oxygen atoms in total. The number of piperidine rings is 1. The number of amides is 1. The summed E-state index contributed by atoms with van der Waals surface area (Å²) >= 11 is 7.79. The van der Waals surface area contributed by atoms with Gasteiger partial charge in [-0.25, -0.2) is 9.97 Å². The average Bonchev–Trinajstić information content (AvgIpc) is 2.80. The van der Waals surface area contributed by atoms with Crippen molar-refractivity contribution in [3.05, 3.63) is 65.4 Å². The van der Waals surface area contributed by atoms with Gasteiger partial charge >= 0.3 is 0 Å². The number of hydrogen-bond acceptors (Lipinski definition) is 6. The Morgan fingerprint density at radius 1 is 1.22 bits per heavy atom. The number of halogens is 1. The van der Waals surface area contributed by atoms with Crippen molar-refractivity contribution in [1.29, 1.82) is 0 Å². The second-order valence-corrected chi connectivity index (χ2v) is 9.20. The van der Waals surface area contributed by atoms with E-state index in [0.717, 1.165) is 35.1 Å². The second-order valence-electron chi connectivity index (χ2n) is 7.73. The molecule has 1 atom stereocenters. The number of carbonyl (C=O) groups is 1. The summed E-state index contributed by atoms with van der Waals surface area (Å²) in [4.78, 5) is 25.4. The minimum Gasteiger partial charge on any atom is -0.495 e. The Labute approximate surface area is 197 Å². The number of ether oxygens (including phenoxy) is 1. The van der Waals surface area contributed by atoms with Crippen molar-refractivity contribution in [2.75, 3.05) is 30.4 Å². The average molecular weight is 469 g/mol. The zero-order chi connectivity index (χ0) is 22.5. The van der Waals surface area contributed by atoms with Gasteiger partial charge in [0.2, 0.25) is 5.91 Å². The topological polar surface area (TPSA) is 67.3 Å². The Morgan fingerprint density at radius 3 is 2.84 bits per heavy atom. The first-order valence-corrected chi connectivity index (χ1v) is 11.7. The molecule has 0 spiro atoms. The Balaban J connectivity index is 1.47. The van der Waals surface area contributed by atoms with Crippen molar-refractivity contribution >= 4 is 40.8 Å². The van der Waals surface area contributed by atoms with E-state index in [1.165, 1.54) is 5.56 Å². The molecular formula is C24H25ClN4O2S. The van der Waals surface area contributed by atoms with Crippen LogP contribution in [0.3, 0.4) is 0 Å². The van der Waals surface area contributed by atoms with Gasteiger partial charge in [0.25, 0.3) is 0 Å². The van der Waals surface area contributed by atoms with Crippen molar-refractivity contribution in [2.45, 2.75) is 29.7 Å². The Bertz CT molecular complexity index is 1110. The van der Waals surface area contributed by atoms with E-state index in [9.17, 15) is 4.79 Å². The first-order chi connectivity index (χ1) is 15.5. The summed E-state index contributed by atoms with van der Waals surface area (Å²) < 4.78 is 5.18. The van der Waals surface area contributed by atoms with Gasteiger partial charge in [0.05, 0.1) is 18.1 Å². The molecule has 0 radical (unpaired) electrons. The fourth-order valence-electron chi connectivity index (χ4n) is 3.77. The maximum Gasteiger partial charge on any atom is 0.229 e. The highest BCUT2D eigenvalue weighted by molar-refractivity contribution is 7.99. The quantitative estimate of drug-likeness (QED) is 0.518. The number of benzene rings is 2. The van der Waals surface area contributed by atoms with Crippen LogP contribution >= 0.6 is 23.4 Å². The number of methoxy groups -OCH3 is 1. The van der Waals surface area contributed by atoms with Crippen LogP contribution in [0.5, 0.6) is 5.75 Å². The number of aryl methyl sites for hydroxylation is 1. The molecule has 2 aromatic carbocycles. The summed E-state index contributed by atoms with van der Waals surface area (Å²) in [6, 6.07) is 13.6. The van der Waals surface area contributed by atoms with E-state index in [1.54, 1.807) is 49.5 Å². The van der Waals surface area contributed by atoms with Crippen LogP contribution in [0.25, 0.3) is 0 Å². The maximum absolute atomic E-state index is 13.0. The molecule has 1 aliphatic rings. The van der Waals surface area contributed by atoms with Crippen LogP contribution < -0.4 is 15.0 Å². The minimum absolute atomic E-state index is 0.0206. The van der Waals surface area contributed by atoms with Gasteiger partial charge in [0, 0.05) is 36.1 Å². The largest absolute Gasteiger partial charge is 0.495 e. The lowest BCUT2D eigenvalue weighted by Gasteiger charge is -2.33. The van der Waals surface area contributed by atoms with Gasteiger partial charge in [-0.3, -0.25) is 4.79 Å². The van der Waals surface area contributed by atoms with Crippen LogP contribution in [0.4, 0.5) is 11.5 Å². The van der Waals surface area contributed by atoms with E-state index in [2.05, 4.69) is 45.3 Å². The SMILES string of the molecule is COc1ccc(NC(=O)[C@@H]2CCCN(c3nccnc3Sc3cccc(C)c3)C2)cc1Cl. The number of rotatable bonds is 6. The Morgan fingerprint density at radius 2 is 2.06 bits per heavy atom. The molecule has 1 fully saturated rings. The monoisotopic (exact) mass is 468 g/mol. The molecule has 2 heterocycles. The molecule has 32 heavy (non-hydrogen) atoms. The van der Waals surface area contributed by atoms with E-state index in [-0.39, 0.29) is 11.8 Å². The lowest BCUT2D eigenvalue weighted by atomic mass is 9.97. The number of hydrogen-bond donors (Lipinski definition) is 1. The molecule has 1 saturated heterocycles. The number of carbonyl (C=O) groups excluding carboxylic acids is 1. The van der Waals surface area contributed by atoms with Crippen molar-refractivity contribution in [3.8, 4) is 5.75 Å². The van der Waals surface area contributed by atoms with Crippen LogP contribution in [0.15, 0.2) is 64.8 Å². The number of aromatic nitrogens is 2. The highest BCUT2D eigenvalue weighted by Gasteiger charge is 2.28. The van der Waals surface area contributed by atoms with Crippen LogP contribution in [0, 0.1) is 12.8 Å². The number of nitrogens with zero attached hydrogens (tertiary/aromatic N) is 3. The van der Waals surface area contributed by atoms with Gasteiger partial charge in [-0.05, 0) is 50.1 Å². The van der Waals surface area contributed by atoms with Gasteiger partial charge in [0.1, 0.15) is 10.8 Å². The molecule has 0 unspecified atom stereocenters. The molecule has 166 valence electrons. The van der Waals surface area contributed by atoms with Gasteiger partial charge in [-0.1, -0.05) is 41.1 Å². The number of nitrogens with one attached hydrogen (secondary N) is 1. The zero-order valence-corrected chi connectivity index (χ0v) is 19.6. The van der Waals surface area contributed by atoms with E-state index < -0.39 is 0 Å². The summed E-state index contributed by atoms with van der Waals surface area (Å²) in [7, 11) is 1.56. The first-order valence-electron chi connectivity index (χ1n) is 10.5. The molecule has 0 saturated carbocycles. The summed E-state index contributed by atoms with van der Waals surface area (Å²) in [6.45, 7) is 3.51. The molecule has 1 amide bonds. The molecule has 0 aliphatic carbocycles. The highest BCUT2D eigenvalue weighted by atomic mass is 35.5. The normalized spacial score (nSPS) is 16.0. The molecule has 1 aromatic heterocycles. The smallest absolute Gasteiger partial charge is 0.229 e. The molecule has 4 rings (SSSR count). The third-order valence-corrected chi connectivity index (χ3v) is 6.63. The van der Waals surface area contributed by atoms with Gasteiger partial charge in [-0.2, -0.15) is 0 Å². The number of anilines is 2. The minimum atomic E-state index is -0.150. The van der Waals surface area contributed by atoms with Crippen LogP contribution in [0.2, 0.25) is 5.02 Å². The first kappa shape index (κ1) is 22.4. The van der Waals surface area contributed by atoms with E-state index >= 15 is 0 Å². The molecule has 3 aromatic rings.